The number of hydrogen-bond donors (Lipinski definition) is 1. The number of anilines is 1. The molecule has 188 valence electrons. The van der Waals surface area contributed by atoms with Crippen LogP contribution in [-0.2, 0) is 12.8 Å². The van der Waals surface area contributed by atoms with E-state index < -0.39 is 0 Å². The number of rotatable bonds is 6. The Hall–Kier alpha value is -3.91. The molecule has 1 aromatic heterocycles. The maximum atomic E-state index is 13.4. The SMILES string of the molecule is C#Cc1ccc(C2CCN(C(=O)c3ccc(C)c(CC4=Nc5nc(NC(C)C)ccc5C4)c3)CC2)cc1. The van der Waals surface area contributed by atoms with E-state index in [9.17, 15) is 4.79 Å². The second-order valence-electron chi connectivity index (χ2n) is 10.5. The fourth-order valence-corrected chi connectivity index (χ4v) is 5.26. The van der Waals surface area contributed by atoms with Gasteiger partial charge in [-0.3, -0.25) is 4.79 Å². The second kappa shape index (κ2) is 10.6. The highest BCUT2D eigenvalue weighted by Crippen LogP contribution is 2.30. The molecule has 3 aromatic rings. The molecule has 0 radical (unpaired) electrons. The number of pyridine rings is 1. The number of carbonyl (C=O) groups excluding carboxylic acids is 1. The van der Waals surface area contributed by atoms with Crippen molar-refractivity contribution in [2.24, 2.45) is 4.99 Å². The van der Waals surface area contributed by atoms with Gasteiger partial charge in [0, 0.05) is 54.4 Å². The summed E-state index contributed by atoms with van der Waals surface area (Å²) in [7, 11) is 0. The van der Waals surface area contributed by atoms with Gasteiger partial charge in [-0.2, -0.15) is 0 Å². The van der Waals surface area contributed by atoms with E-state index in [-0.39, 0.29) is 5.91 Å². The molecule has 2 aromatic carbocycles. The highest BCUT2D eigenvalue weighted by molar-refractivity contribution is 5.97. The summed E-state index contributed by atoms with van der Waals surface area (Å²) in [5.74, 6) is 4.92. The average Bonchev–Trinajstić information content (AvgIpc) is 3.31. The van der Waals surface area contributed by atoms with E-state index in [1.807, 2.05) is 29.2 Å². The summed E-state index contributed by atoms with van der Waals surface area (Å²) in [6.45, 7) is 7.84. The van der Waals surface area contributed by atoms with Crippen molar-refractivity contribution < 1.29 is 4.79 Å². The van der Waals surface area contributed by atoms with Gasteiger partial charge in [0.25, 0.3) is 5.91 Å². The van der Waals surface area contributed by atoms with Crippen molar-refractivity contribution in [3.63, 3.8) is 0 Å². The van der Waals surface area contributed by atoms with Gasteiger partial charge < -0.3 is 10.2 Å². The van der Waals surface area contributed by atoms with E-state index >= 15 is 0 Å². The third kappa shape index (κ3) is 5.59. The van der Waals surface area contributed by atoms with Crippen molar-refractivity contribution in [3.05, 3.63) is 88.0 Å². The predicted molar refractivity (Wildman–Crippen MR) is 151 cm³/mol. The molecule has 37 heavy (non-hydrogen) atoms. The van der Waals surface area contributed by atoms with Gasteiger partial charge in [0.05, 0.1) is 0 Å². The molecular formula is C32H34N4O. The zero-order valence-corrected chi connectivity index (χ0v) is 21.9. The molecule has 0 unspecified atom stereocenters. The summed E-state index contributed by atoms with van der Waals surface area (Å²) in [5, 5.41) is 3.35. The van der Waals surface area contributed by atoms with Crippen LogP contribution in [0.25, 0.3) is 0 Å². The van der Waals surface area contributed by atoms with Crippen molar-refractivity contribution in [2.75, 3.05) is 18.4 Å². The Bertz CT molecular complexity index is 1370. The Labute approximate surface area is 220 Å². The lowest BCUT2D eigenvalue weighted by molar-refractivity contribution is 0.0713. The molecule has 1 fully saturated rings. The van der Waals surface area contributed by atoms with Gasteiger partial charge in [-0.05, 0) is 86.6 Å². The number of aliphatic imine (C=N–C) groups is 1. The van der Waals surface area contributed by atoms with E-state index in [4.69, 9.17) is 11.4 Å². The first-order valence-electron chi connectivity index (χ1n) is 13.2. The topological polar surface area (TPSA) is 57.6 Å². The average molecular weight is 491 g/mol. The van der Waals surface area contributed by atoms with Crippen LogP contribution in [-0.4, -0.2) is 40.6 Å². The quantitative estimate of drug-likeness (QED) is 0.426. The van der Waals surface area contributed by atoms with E-state index in [1.54, 1.807) is 0 Å². The summed E-state index contributed by atoms with van der Waals surface area (Å²) in [4.78, 5) is 24.9. The predicted octanol–water partition coefficient (Wildman–Crippen LogP) is 6.08. The number of nitrogens with zero attached hydrogens (tertiary/aromatic N) is 3. The molecule has 0 aliphatic carbocycles. The lowest BCUT2D eigenvalue weighted by Crippen LogP contribution is -2.38. The summed E-state index contributed by atoms with van der Waals surface area (Å²) in [6.07, 6.45) is 8.95. The molecule has 5 rings (SSSR count). The van der Waals surface area contributed by atoms with Gasteiger partial charge in [-0.1, -0.05) is 30.2 Å². The number of hydrogen-bond acceptors (Lipinski definition) is 4. The highest BCUT2D eigenvalue weighted by Gasteiger charge is 2.25. The summed E-state index contributed by atoms with van der Waals surface area (Å²) in [5.41, 5.74) is 7.56. The fraction of sp³-hybridized carbons (Fsp3) is 0.344. The van der Waals surface area contributed by atoms with Gasteiger partial charge >= 0.3 is 0 Å². The largest absolute Gasteiger partial charge is 0.368 e. The Morgan fingerprint density at radius 1 is 1.11 bits per heavy atom. The lowest BCUT2D eigenvalue weighted by atomic mass is 9.88. The van der Waals surface area contributed by atoms with Crippen molar-refractivity contribution in [1.82, 2.24) is 9.88 Å². The molecule has 5 heteroatoms. The molecule has 0 spiro atoms. The number of benzene rings is 2. The van der Waals surface area contributed by atoms with Gasteiger partial charge in [0.1, 0.15) is 5.82 Å². The molecule has 1 amide bonds. The first kappa shape index (κ1) is 24.8. The molecule has 0 atom stereocenters. The summed E-state index contributed by atoms with van der Waals surface area (Å²) in [6, 6.07) is 18.8. The van der Waals surface area contributed by atoms with Crippen molar-refractivity contribution in [3.8, 4) is 12.3 Å². The maximum Gasteiger partial charge on any atom is 0.253 e. The Balaban J connectivity index is 1.24. The van der Waals surface area contributed by atoms with Crippen LogP contribution in [0.3, 0.4) is 0 Å². The standard InChI is InChI=1S/C32H34N4O/c1-5-23-7-10-24(11-8-23)25-14-16-36(17-15-25)32(37)27-9-6-22(4)28(18-27)20-29-19-26-12-13-30(33-21(2)3)35-31(26)34-29/h1,6-13,18,21,25H,14-17,19-20H2,2-4H3,(H,33,35). The van der Waals surface area contributed by atoms with Gasteiger partial charge in [0.15, 0.2) is 5.82 Å². The fourth-order valence-electron chi connectivity index (χ4n) is 5.26. The monoisotopic (exact) mass is 490 g/mol. The molecule has 3 heterocycles. The van der Waals surface area contributed by atoms with Gasteiger partial charge in [0.2, 0.25) is 0 Å². The third-order valence-electron chi connectivity index (χ3n) is 7.37. The van der Waals surface area contributed by atoms with Gasteiger partial charge in [-0.25, -0.2) is 9.98 Å². The Morgan fingerprint density at radius 2 is 1.86 bits per heavy atom. The van der Waals surface area contributed by atoms with E-state index in [0.717, 1.165) is 78.4 Å². The Morgan fingerprint density at radius 3 is 2.57 bits per heavy atom. The Kier molecular flexibility index (Phi) is 7.10. The minimum absolute atomic E-state index is 0.116. The summed E-state index contributed by atoms with van der Waals surface area (Å²) < 4.78 is 0. The number of likely N-dealkylation sites (tertiary alicyclic amines) is 1. The van der Waals surface area contributed by atoms with E-state index in [1.165, 1.54) is 11.1 Å². The molecule has 0 bridgehead atoms. The number of terminal acetylenes is 1. The van der Waals surface area contributed by atoms with Crippen molar-refractivity contribution in [1.29, 1.82) is 0 Å². The molecule has 1 N–H and O–H groups in total. The van der Waals surface area contributed by atoms with Crippen LogP contribution < -0.4 is 5.32 Å². The number of amides is 1. The van der Waals surface area contributed by atoms with Crippen LogP contribution in [0.15, 0.2) is 59.6 Å². The van der Waals surface area contributed by atoms with Crippen LogP contribution in [0.1, 0.15) is 70.8 Å². The van der Waals surface area contributed by atoms with Crippen LogP contribution in [0.5, 0.6) is 0 Å². The smallest absolute Gasteiger partial charge is 0.253 e. The van der Waals surface area contributed by atoms with Gasteiger partial charge in [-0.15, -0.1) is 6.42 Å². The van der Waals surface area contributed by atoms with E-state index in [0.29, 0.717) is 12.0 Å². The molecule has 0 saturated carbocycles. The van der Waals surface area contributed by atoms with Crippen molar-refractivity contribution in [2.45, 2.75) is 58.4 Å². The first-order valence-corrected chi connectivity index (χ1v) is 13.2. The zero-order valence-electron chi connectivity index (χ0n) is 21.9. The number of piperidine rings is 1. The number of aryl methyl sites for hydroxylation is 1. The molecule has 2 aliphatic rings. The number of fused-ring (bicyclic) bond motifs is 1. The number of aromatic nitrogens is 1. The molecular weight excluding hydrogens is 456 g/mol. The molecule has 1 saturated heterocycles. The summed E-state index contributed by atoms with van der Waals surface area (Å²) >= 11 is 0. The lowest BCUT2D eigenvalue weighted by Gasteiger charge is -2.32. The normalized spacial score (nSPS) is 15.3. The highest BCUT2D eigenvalue weighted by atomic mass is 16.2. The minimum atomic E-state index is 0.116. The number of nitrogens with one attached hydrogen (secondary N) is 1. The zero-order chi connectivity index (χ0) is 25.9. The van der Waals surface area contributed by atoms with Crippen molar-refractivity contribution >= 4 is 23.3 Å². The van der Waals surface area contributed by atoms with E-state index in [2.05, 4.69) is 67.3 Å². The first-order chi connectivity index (χ1) is 17.9. The van der Waals surface area contributed by atoms with Crippen LogP contribution in [0.4, 0.5) is 11.6 Å². The maximum absolute atomic E-state index is 13.4. The molecule has 2 aliphatic heterocycles. The minimum Gasteiger partial charge on any atom is -0.368 e. The van der Waals surface area contributed by atoms with Crippen LogP contribution in [0, 0.1) is 19.3 Å². The second-order valence-corrected chi connectivity index (χ2v) is 10.5. The number of carbonyl (C=O) groups is 1. The van der Waals surface area contributed by atoms with Crippen LogP contribution >= 0.6 is 0 Å². The molecule has 5 nitrogen and oxygen atoms in total. The van der Waals surface area contributed by atoms with Crippen LogP contribution in [0.2, 0.25) is 0 Å². The third-order valence-corrected chi connectivity index (χ3v) is 7.37.